The van der Waals surface area contributed by atoms with Crippen LogP contribution in [0.25, 0.3) is 0 Å². The van der Waals surface area contributed by atoms with Crippen molar-refractivity contribution in [2.45, 2.75) is 32.4 Å². The second-order valence-corrected chi connectivity index (χ2v) is 5.78. The van der Waals surface area contributed by atoms with Gasteiger partial charge in [-0.25, -0.2) is 0 Å². The predicted octanol–water partition coefficient (Wildman–Crippen LogP) is 1.60. The Morgan fingerprint density at radius 1 is 1.59 bits per heavy atom. The molecule has 1 aromatic rings. The zero-order valence-corrected chi connectivity index (χ0v) is 11.3. The molecule has 1 aliphatic rings. The summed E-state index contributed by atoms with van der Waals surface area (Å²) in [6, 6.07) is 2.78. The number of thiophene rings is 1. The number of hydrogen-bond acceptors (Lipinski definition) is 4. The van der Waals surface area contributed by atoms with Gasteiger partial charge in [0.05, 0.1) is 6.61 Å². The molecule has 0 amide bonds. The third kappa shape index (κ3) is 3.78. The molecular formula is C13H22N2OS. The van der Waals surface area contributed by atoms with Gasteiger partial charge in [0, 0.05) is 30.6 Å². The Bertz CT molecular complexity index is 334. The summed E-state index contributed by atoms with van der Waals surface area (Å²) >= 11 is 1.82. The van der Waals surface area contributed by atoms with Crippen LogP contribution in [0.15, 0.2) is 11.4 Å². The van der Waals surface area contributed by atoms with E-state index in [1.165, 1.54) is 23.3 Å². The molecule has 0 aliphatic carbocycles. The number of nitrogens with zero attached hydrogens (tertiary/aromatic N) is 1. The number of aryl methyl sites for hydroxylation is 1. The van der Waals surface area contributed by atoms with Crippen molar-refractivity contribution >= 4 is 11.3 Å². The maximum Gasteiger partial charge on any atom is 0.0558 e. The van der Waals surface area contributed by atoms with Crippen molar-refractivity contribution in [3.8, 4) is 0 Å². The molecule has 1 fully saturated rings. The van der Waals surface area contributed by atoms with Crippen LogP contribution in [0.1, 0.15) is 23.3 Å². The summed E-state index contributed by atoms with van der Waals surface area (Å²) in [5.74, 6) is 0. The molecule has 1 aliphatic heterocycles. The first kappa shape index (κ1) is 13.0. The summed E-state index contributed by atoms with van der Waals surface area (Å²) < 4.78 is 0. The third-order valence-electron chi connectivity index (χ3n) is 3.39. The molecule has 3 nitrogen and oxygen atoms in total. The Morgan fingerprint density at radius 3 is 3.06 bits per heavy atom. The van der Waals surface area contributed by atoms with Crippen molar-refractivity contribution in [1.29, 1.82) is 0 Å². The zero-order valence-electron chi connectivity index (χ0n) is 10.5. The van der Waals surface area contributed by atoms with Crippen LogP contribution in [0, 0.1) is 6.92 Å². The first-order valence-electron chi connectivity index (χ1n) is 6.39. The van der Waals surface area contributed by atoms with Gasteiger partial charge in [0.15, 0.2) is 0 Å². The van der Waals surface area contributed by atoms with Crippen molar-refractivity contribution in [2.24, 2.45) is 0 Å². The predicted molar refractivity (Wildman–Crippen MR) is 72.4 cm³/mol. The average Bonchev–Trinajstić information content (AvgIpc) is 2.92. The van der Waals surface area contributed by atoms with Gasteiger partial charge in [0.25, 0.3) is 0 Å². The Labute approximate surface area is 107 Å². The molecular weight excluding hydrogens is 232 g/mol. The highest BCUT2D eigenvalue weighted by atomic mass is 32.1. The van der Waals surface area contributed by atoms with Crippen LogP contribution >= 0.6 is 11.3 Å². The van der Waals surface area contributed by atoms with Crippen LogP contribution in [-0.2, 0) is 6.54 Å². The van der Waals surface area contributed by atoms with E-state index in [1.807, 2.05) is 11.3 Å². The molecule has 0 aromatic carbocycles. The lowest BCUT2D eigenvalue weighted by atomic mass is 10.2. The fraction of sp³-hybridized carbons (Fsp3) is 0.692. The van der Waals surface area contributed by atoms with E-state index < -0.39 is 0 Å². The van der Waals surface area contributed by atoms with E-state index in [0.29, 0.717) is 6.04 Å². The summed E-state index contributed by atoms with van der Waals surface area (Å²) in [6.45, 7) is 6.36. The van der Waals surface area contributed by atoms with Crippen molar-refractivity contribution < 1.29 is 5.11 Å². The van der Waals surface area contributed by atoms with Crippen LogP contribution in [-0.4, -0.2) is 42.3 Å². The molecule has 96 valence electrons. The van der Waals surface area contributed by atoms with Gasteiger partial charge >= 0.3 is 0 Å². The molecule has 17 heavy (non-hydrogen) atoms. The Balaban J connectivity index is 1.89. The van der Waals surface area contributed by atoms with Gasteiger partial charge in [0.1, 0.15) is 0 Å². The van der Waals surface area contributed by atoms with Crippen LogP contribution < -0.4 is 5.32 Å². The number of nitrogens with one attached hydrogen (secondary N) is 1. The van der Waals surface area contributed by atoms with Gasteiger partial charge in [-0.2, -0.15) is 0 Å². The van der Waals surface area contributed by atoms with Crippen LogP contribution in [0.3, 0.4) is 0 Å². The van der Waals surface area contributed by atoms with Crippen LogP contribution in [0.2, 0.25) is 0 Å². The average molecular weight is 254 g/mol. The number of rotatable bonds is 6. The number of hydrogen-bond donors (Lipinski definition) is 2. The van der Waals surface area contributed by atoms with Gasteiger partial charge in [-0.15, -0.1) is 11.3 Å². The second kappa shape index (κ2) is 6.50. The molecule has 0 saturated carbocycles. The Morgan fingerprint density at radius 2 is 2.47 bits per heavy atom. The summed E-state index contributed by atoms with van der Waals surface area (Å²) in [5, 5.41) is 14.8. The highest BCUT2D eigenvalue weighted by molar-refractivity contribution is 7.10. The minimum absolute atomic E-state index is 0.247. The summed E-state index contributed by atoms with van der Waals surface area (Å²) in [6.07, 6.45) is 2.56. The number of aliphatic hydroxyl groups excluding tert-OH is 1. The highest BCUT2D eigenvalue weighted by Crippen LogP contribution is 2.18. The zero-order chi connectivity index (χ0) is 12.1. The molecule has 2 N–H and O–H groups in total. The summed E-state index contributed by atoms with van der Waals surface area (Å²) in [7, 11) is 0. The molecule has 0 bridgehead atoms. The molecule has 0 spiro atoms. The fourth-order valence-electron chi connectivity index (χ4n) is 2.37. The van der Waals surface area contributed by atoms with Gasteiger partial charge < -0.3 is 10.4 Å². The van der Waals surface area contributed by atoms with Crippen molar-refractivity contribution in [3.63, 3.8) is 0 Å². The first-order valence-corrected chi connectivity index (χ1v) is 7.27. The lowest BCUT2D eigenvalue weighted by molar-refractivity contribution is 0.180. The largest absolute Gasteiger partial charge is 0.395 e. The number of aliphatic hydroxyl groups is 1. The van der Waals surface area contributed by atoms with E-state index in [2.05, 4.69) is 28.6 Å². The molecule has 1 aromatic heterocycles. The smallest absolute Gasteiger partial charge is 0.0558 e. The minimum atomic E-state index is 0.247. The second-order valence-electron chi connectivity index (χ2n) is 4.78. The van der Waals surface area contributed by atoms with E-state index in [9.17, 15) is 0 Å². The van der Waals surface area contributed by atoms with E-state index in [1.54, 1.807) is 0 Å². The fourth-order valence-corrected chi connectivity index (χ4v) is 3.32. The topological polar surface area (TPSA) is 35.5 Å². The highest BCUT2D eigenvalue weighted by Gasteiger charge is 2.18. The minimum Gasteiger partial charge on any atom is -0.395 e. The molecule has 1 unspecified atom stereocenters. The lowest BCUT2D eigenvalue weighted by Gasteiger charge is -2.24. The van der Waals surface area contributed by atoms with Gasteiger partial charge in [0.2, 0.25) is 0 Å². The standard InChI is InChI=1S/C13H22N2OS/c1-11-4-8-17-13(11)10-15(6-7-16)9-12-3-2-5-14-12/h4,8,12,14,16H,2-3,5-7,9-10H2,1H3. The van der Waals surface area contributed by atoms with E-state index in [4.69, 9.17) is 5.11 Å². The molecule has 1 saturated heterocycles. The monoisotopic (exact) mass is 254 g/mol. The maximum atomic E-state index is 9.15. The normalized spacial score (nSPS) is 20.3. The molecule has 2 heterocycles. The van der Waals surface area contributed by atoms with Crippen molar-refractivity contribution in [1.82, 2.24) is 10.2 Å². The van der Waals surface area contributed by atoms with Gasteiger partial charge in [-0.3, -0.25) is 4.90 Å². The molecule has 1 atom stereocenters. The van der Waals surface area contributed by atoms with Crippen molar-refractivity contribution in [2.75, 3.05) is 26.2 Å². The molecule has 0 radical (unpaired) electrons. The molecule has 2 rings (SSSR count). The van der Waals surface area contributed by atoms with Crippen LogP contribution in [0.4, 0.5) is 0 Å². The van der Waals surface area contributed by atoms with Crippen LogP contribution in [0.5, 0.6) is 0 Å². The maximum absolute atomic E-state index is 9.15. The van der Waals surface area contributed by atoms with E-state index in [0.717, 1.165) is 26.2 Å². The first-order chi connectivity index (χ1) is 8.29. The third-order valence-corrected chi connectivity index (χ3v) is 4.40. The van der Waals surface area contributed by atoms with E-state index in [-0.39, 0.29) is 6.61 Å². The summed E-state index contributed by atoms with van der Waals surface area (Å²) in [4.78, 5) is 3.79. The van der Waals surface area contributed by atoms with E-state index >= 15 is 0 Å². The molecule has 4 heteroatoms. The SMILES string of the molecule is Cc1ccsc1CN(CCO)CC1CCCN1. The van der Waals surface area contributed by atoms with Crippen molar-refractivity contribution in [3.05, 3.63) is 21.9 Å². The van der Waals surface area contributed by atoms with Gasteiger partial charge in [-0.05, 0) is 43.3 Å². The summed E-state index contributed by atoms with van der Waals surface area (Å²) in [5.41, 5.74) is 1.37. The lowest BCUT2D eigenvalue weighted by Crippen LogP contribution is -2.38. The Kier molecular flexibility index (Phi) is 4.98. The van der Waals surface area contributed by atoms with Gasteiger partial charge in [-0.1, -0.05) is 0 Å². The Hall–Kier alpha value is -0.420. The quantitative estimate of drug-likeness (QED) is 0.809.